The molecule has 0 saturated heterocycles. The minimum Gasteiger partial charge on any atom is -0.0763 e. The molecule has 0 fully saturated rings. The maximum absolute atomic E-state index is 2.42. The first-order valence-electron chi connectivity index (χ1n) is 9.92. The zero-order valence-electron chi connectivity index (χ0n) is 16.7. The van der Waals surface area contributed by atoms with E-state index in [0.29, 0.717) is 0 Å². The van der Waals surface area contributed by atoms with Crippen LogP contribution in [0.3, 0.4) is 0 Å². The molecule has 0 aliphatic heterocycles. The van der Waals surface area contributed by atoms with Gasteiger partial charge in [0.15, 0.2) is 0 Å². The van der Waals surface area contributed by atoms with E-state index in [1.54, 1.807) is 0 Å². The molecule has 0 saturated carbocycles. The van der Waals surface area contributed by atoms with Gasteiger partial charge in [-0.25, -0.2) is 0 Å². The molecule has 0 unspecified atom stereocenters. The van der Waals surface area contributed by atoms with Gasteiger partial charge >= 0.3 is 0 Å². The first kappa shape index (κ1) is 20.5. The van der Waals surface area contributed by atoms with Gasteiger partial charge in [0.25, 0.3) is 0 Å². The smallest absolute Gasteiger partial charge is 0.0146 e. The Morgan fingerprint density at radius 1 is 0.333 bits per heavy atom. The fourth-order valence-electron chi connectivity index (χ4n) is 3.41. The Hall–Kier alpha value is -1.56. The largest absolute Gasteiger partial charge is 0.0763 e. The molecule has 1 rings (SSSR count). The molecular weight excluding hydrogens is 288 g/mol. The molecule has 0 atom stereocenters. The van der Waals surface area contributed by atoms with Crippen LogP contribution in [0.5, 0.6) is 0 Å². The average Bonchev–Trinajstić information content (AvgIpc) is 2.57. The summed E-state index contributed by atoms with van der Waals surface area (Å²) in [5.41, 5.74) is 0. The first-order chi connectivity index (χ1) is 11.7. The Labute approximate surface area is 148 Å². The summed E-state index contributed by atoms with van der Waals surface area (Å²) in [6, 6.07) is 0. The molecular formula is C24H36. The van der Waals surface area contributed by atoms with E-state index in [4.69, 9.17) is 0 Å². The quantitative estimate of drug-likeness (QED) is 0.755. The van der Waals surface area contributed by atoms with Crippen molar-refractivity contribution in [2.45, 2.75) is 80.1 Å². The maximum atomic E-state index is 2.42. The number of hydrogen-bond donors (Lipinski definition) is 0. The van der Waals surface area contributed by atoms with Gasteiger partial charge in [-0.3, -0.25) is 0 Å². The summed E-state index contributed by atoms with van der Waals surface area (Å²) in [7, 11) is 0. The fourth-order valence-corrected chi connectivity index (χ4v) is 3.41. The van der Waals surface area contributed by atoms with Crippen molar-refractivity contribution in [3.63, 3.8) is 0 Å². The predicted octanol–water partition coefficient (Wildman–Crippen LogP) is 2.83. The second-order valence-electron chi connectivity index (χ2n) is 6.16. The molecule has 0 aromatic heterocycles. The van der Waals surface area contributed by atoms with E-state index in [0.717, 1.165) is 38.5 Å². The summed E-state index contributed by atoms with van der Waals surface area (Å²) in [5.74, 6) is 0. The highest BCUT2D eigenvalue weighted by Crippen LogP contribution is 1.79. The Morgan fingerprint density at radius 2 is 0.458 bits per heavy atom. The van der Waals surface area contributed by atoms with E-state index in [1.807, 2.05) is 0 Å². The van der Waals surface area contributed by atoms with Crippen LogP contribution in [0, 0.1) is 0 Å². The molecule has 0 heteroatoms. The minimum absolute atomic E-state index is 1.07. The molecule has 1 aromatic rings. The highest BCUT2D eigenvalue weighted by atomic mass is 14.0. The van der Waals surface area contributed by atoms with E-state index < -0.39 is 0 Å². The summed E-state index contributed by atoms with van der Waals surface area (Å²) < 4.78 is 0. The van der Waals surface area contributed by atoms with E-state index in [9.17, 15) is 0 Å². The van der Waals surface area contributed by atoms with E-state index >= 15 is 0 Å². The van der Waals surface area contributed by atoms with Crippen LogP contribution in [-0.4, -0.2) is 0 Å². The van der Waals surface area contributed by atoms with Gasteiger partial charge in [0.05, 0.1) is 0 Å². The predicted molar refractivity (Wildman–Crippen MR) is 113 cm³/mol. The van der Waals surface area contributed by atoms with E-state index in [-0.39, 0.29) is 0 Å². The molecule has 0 radical (unpaired) electrons. The molecule has 0 bridgehead atoms. The second kappa shape index (κ2) is 11.1. The first-order valence-corrected chi connectivity index (χ1v) is 9.92. The van der Waals surface area contributed by atoms with Gasteiger partial charge < -0.3 is 0 Å². The van der Waals surface area contributed by atoms with Gasteiger partial charge in [0.2, 0.25) is 0 Å². The van der Waals surface area contributed by atoms with Crippen LogP contribution in [0.2, 0.25) is 0 Å². The average molecular weight is 325 g/mol. The van der Waals surface area contributed by atoms with Crippen molar-refractivity contribution in [1.82, 2.24) is 0 Å². The number of benzene rings is 1. The van der Waals surface area contributed by atoms with Crippen molar-refractivity contribution in [3.8, 4) is 0 Å². The SMILES string of the molecule is CCC=c1c(=CCC)c(=CCC)c(=CCC)c(=CCC)c1=CCC. The molecule has 132 valence electrons. The monoisotopic (exact) mass is 324 g/mol. The summed E-state index contributed by atoms with van der Waals surface area (Å²) in [5, 5.41) is 8.63. The Balaban J connectivity index is 4.55. The van der Waals surface area contributed by atoms with Crippen molar-refractivity contribution in [1.29, 1.82) is 0 Å². The summed E-state index contributed by atoms with van der Waals surface area (Å²) >= 11 is 0. The van der Waals surface area contributed by atoms with Crippen LogP contribution in [0.4, 0.5) is 0 Å². The van der Waals surface area contributed by atoms with Crippen LogP contribution < -0.4 is 31.3 Å². The molecule has 0 amide bonds. The number of rotatable bonds is 6. The van der Waals surface area contributed by atoms with E-state index in [1.165, 1.54) is 31.3 Å². The molecule has 1 aromatic carbocycles. The van der Waals surface area contributed by atoms with Crippen LogP contribution >= 0.6 is 0 Å². The molecule has 0 aliphatic rings. The Bertz CT molecular complexity index is 632. The van der Waals surface area contributed by atoms with Crippen molar-refractivity contribution < 1.29 is 0 Å². The Kier molecular flexibility index (Phi) is 9.45. The van der Waals surface area contributed by atoms with Gasteiger partial charge in [-0.1, -0.05) is 78.0 Å². The zero-order chi connectivity index (χ0) is 17.9. The molecule has 0 spiro atoms. The van der Waals surface area contributed by atoms with Gasteiger partial charge in [0.1, 0.15) is 0 Å². The lowest BCUT2D eigenvalue weighted by atomic mass is 10.0. The van der Waals surface area contributed by atoms with Crippen LogP contribution in [0.25, 0.3) is 36.5 Å². The minimum atomic E-state index is 1.07. The lowest BCUT2D eigenvalue weighted by Crippen LogP contribution is -2.65. The standard InChI is InChI=1S/C24H36/c1-7-13-19-20(14-8-2)22(16-10-4)24(18-12-6)23(17-11-5)21(19)15-9-3/h13-18H,7-12H2,1-6H3. The lowest BCUT2D eigenvalue weighted by molar-refractivity contribution is 1.16. The maximum Gasteiger partial charge on any atom is -0.0146 e. The van der Waals surface area contributed by atoms with Gasteiger partial charge in [-0.15, -0.1) is 0 Å². The highest BCUT2D eigenvalue weighted by molar-refractivity contribution is 5.45. The van der Waals surface area contributed by atoms with Crippen LogP contribution in [0.1, 0.15) is 80.1 Å². The summed E-state index contributed by atoms with van der Waals surface area (Å²) in [6.45, 7) is 13.4. The molecule has 0 aliphatic carbocycles. The fraction of sp³-hybridized carbons (Fsp3) is 0.500. The molecule has 24 heavy (non-hydrogen) atoms. The zero-order valence-corrected chi connectivity index (χ0v) is 16.7. The van der Waals surface area contributed by atoms with E-state index in [2.05, 4.69) is 78.0 Å². The van der Waals surface area contributed by atoms with Crippen molar-refractivity contribution in [2.24, 2.45) is 0 Å². The third kappa shape index (κ3) is 4.72. The summed E-state index contributed by atoms with van der Waals surface area (Å²) in [4.78, 5) is 0. The van der Waals surface area contributed by atoms with Gasteiger partial charge in [0, 0.05) is 0 Å². The number of hydrogen-bond acceptors (Lipinski definition) is 0. The van der Waals surface area contributed by atoms with Crippen LogP contribution in [0.15, 0.2) is 0 Å². The third-order valence-electron chi connectivity index (χ3n) is 4.19. The molecule has 0 heterocycles. The molecule has 0 nitrogen and oxygen atoms in total. The van der Waals surface area contributed by atoms with Crippen LogP contribution in [-0.2, 0) is 0 Å². The third-order valence-corrected chi connectivity index (χ3v) is 4.19. The molecule has 0 N–H and O–H groups in total. The lowest BCUT2D eigenvalue weighted by Gasteiger charge is -2.03. The summed E-state index contributed by atoms with van der Waals surface area (Å²) in [6.07, 6.45) is 20.9. The van der Waals surface area contributed by atoms with Crippen molar-refractivity contribution >= 4 is 36.5 Å². The van der Waals surface area contributed by atoms with Crippen molar-refractivity contribution in [2.75, 3.05) is 0 Å². The Morgan fingerprint density at radius 3 is 0.542 bits per heavy atom. The highest BCUT2D eigenvalue weighted by Gasteiger charge is 1.99. The van der Waals surface area contributed by atoms with Crippen molar-refractivity contribution in [3.05, 3.63) is 31.3 Å². The topological polar surface area (TPSA) is 0 Å². The second-order valence-corrected chi connectivity index (χ2v) is 6.16. The van der Waals surface area contributed by atoms with Gasteiger partial charge in [-0.2, -0.15) is 0 Å². The normalized spacial score (nSPS) is 10.2. The van der Waals surface area contributed by atoms with Gasteiger partial charge in [-0.05, 0) is 69.8 Å².